The molecule has 29 heavy (non-hydrogen) atoms. The van der Waals surface area contributed by atoms with E-state index in [9.17, 15) is 4.79 Å². The van der Waals surface area contributed by atoms with Crippen molar-refractivity contribution in [1.82, 2.24) is 4.98 Å². The van der Waals surface area contributed by atoms with Gasteiger partial charge in [-0.3, -0.25) is 9.69 Å². The van der Waals surface area contributed by atoms with E-state index in [-0.39, 0.29) is 12.0 Å². The maximum atomic E-state index is 13.2. The predicted octanol–water partition coefficient (Wildman–Crippen LogP) is 5.37. The van der Waals surface area contributed by atoms with E-state index in [1.54, 1.807) is 23.3 Å². The van der Waals surface area contributed by atoms with Gasteiger partial charge in [0.2, 0.25) is 5.91 Å². The summed E-state index contributed by atoms with van der Waals surface area (Å²) < 4.78 is 13.0. The SMILES string of the molecule is COc1ccc(SCC(=O)N(CC2CCCO2)c2nc3ccc(Br)cc3s2)cc1. The lowest BCUT2D eigenvalue weighted by molar-refractivity contribution is -0.116. The van der Waals surface area contributed by atoms with Crippen LogP contribution in [0, 0.1) is 0 Å². The number of ether oxygens (including phenoxy) is 2. The minimum Gasteiger partial charge on any atom is -0.497 e. The molecule has 1 fully saturated rings. The van der Waals surface area contributed by atoms with Crippen LogP contribution in [0.15, 0.2) is 51.8 Å². The smallest absolute Gasteiger partial charge is 0.239 e. The second-order valence-electron chi connectivity index (χ2n) is 6.71. The predicted molar refractivity (Wildman–Crippen MR) is 122 cm³/mol. The summed E-state index contributed by atoms with van der Waals surface area (Å²) >= 11 is 6.57. The lowest BCUT2D eigenvalue weighted by Crippen LogP contribution is -2.38. The topological polar surface area (TPSA) is 51.7 Å². The Morgan fingerprint density at radius 3 is 2.90 bits per heavy atom. The van der Waals surface area contributed by atoms with Crippen molar-refractivity contribution in [3.8, 4) is 5.75 Å². The summed E-state index contributed by atoms with van der Waals surface area (Å²) in [5.74, 6) is 1.19. The number of carbonyl (C=O) groups is 1. The molecule has 1 aromatic heterocycles. The molecule has 1 atom stereocenters. The molecule has 0 saturated carbocycles. The molecule has 1 aliphatic heterocycles. The molecule has 0 N–H and O–H groups in total. The summed E-state index contributed by atoms with van der Waals surface area (Å²) in [6.45, 7) is 1.31. The number of carbonyl (C=O) groups excluding carboxylic acids is 1. The fourth-order valence-electron chi connectivity index (χ4n) is 3.18. The number of aromatic nitrogens is 1. The van der Waals surface area contributed by atoms with E-state index < -0.39 is 0 Å². The largest absolute Gasteiger partial charge is 0.497 e. The van der Waals surface area contributed by atoms with Crippen LogP contribution in [0.3, 0.4) is 0 Å². The van der Waals surface area contributed by atoms with Crippen molar-refractivity contribution in [3.63, 3.8) is 0 Å². The van der Waals surface area contributed by atoms with Gasteiger partial charge in [0.15, 0.2) is 5.13 Å². The number of hydrogen-bond acceptors (Lipinski definition) is 6. The monoisotopic (exact) mass is 492 g/mol. The van der Waals surface area contributed by atoms with E-state index >= 15 is 0 Å². The molecule has 3 aromatic rings. The van der Waals surface area contributed by atoms with Gasteiger partial charge in [0.05, 0.1) is 35.7 Å². The highest BCUT2D eigenvalue weighted by Gasteiger charge is 2.26. The van der Waals surface area contributed by atoms with Crippen LogP contribution in [0.4, 0.5) is 5.13 Å². The molecule has 0 radical (unpaired) electrons. The molecule has 0 spiro atoms. The van der Waals surface area contributed by atoms with Gasteiger partial charge in [-0.1, -0.05) is 27.3 Å². The number of halogens is 1. The summed E-state index contributed by atoms with van der Waals surface area (Å²) in [6.07, 6.45) is 2.09. The second kappa shape index (κ2) is 9.47. The Morgan fingerprint density at radius 2 is 2.17 bits per heavy atom. The molecular formula is C21H21BrN2O3S2. The maximum absolute atomic E-state index is 13.2. The minimum absolute atomic E-state index is 0.0411. The van der Waals surface area contributed by atoms with Crippen LogP contribution in [0.25, 0.3) is 10.2 Å². The first-order valence-electron chi connectivity index (χ1n) is 9.37. The van der Waals surface area contributed by atoms with Gasteiger partial charge in [0.25, 0.3) is 0 Å². The van der Waals surface area contributed by atoms with E-state index in [0.29, 0.717) is 12.3 Å². The molecule has 1 unspecified atom stereocenters. The highest BCUT2D eigenvalue weighted by atomic mass is 79.9. The number of amides is 1. The average molecular weight is 493 g/mol. The molecule has 2 aromatic carbocycles. The van der Waals surface area contributed by atoms with Gasteiger partial charge >= 0.3 is 0 Å². The van der Waals surface area contributed by atoms with Gasteiger partial charge in [-0.05, 0) is 55.3 Å². The number of thiazole rings is 1. The maximum Gasteiger partial charge on any atom is 0.239 e. The molecule has 5 nitrogen and oxygen atoms in total. The van der Waals surface area contributed by atoms with Gasteiger partial charge in [-0.15, -0.1) is 11.8 Å². The van der Waals surface area contributed by atoms with Crippen LogP contribution in [0.1, 0.15) is 12.8 Å². The standard InChI is InChI=1S/C21H21BrN2O3S2/c1-26-15-5-7-17(8-6-15)28-13-20(25)24(12-16-3-2-10-27-16)21-23-18-9-4-14(22)11-19(18)29-21/h4-9,11,16H,2-3,10,12-13H2,1H3. The van der Waals surface area contributed by atoms with Crippen molar-refractivity contribution >= 4 is 60.3 Å². The minimum atomic E-state index is 0.0411. The third-order valence-corrected chi connectivity index (χ3v) is 7.23. The Kier molecular flexibility index (Phi) is 6.74. The molecule has 0 aliphatic carbocycles. The van der Waals surface area contributed by atoms with E-state index in [0.717, 1.165) is 49.9 Å². The average Bonchev–Trinajstić information content (AvgIpc) is 3.39. The highest BCUT2D eigenvalue weighted by Crippen LogP contribution is 2.32. The Hall–Kier alpha value is -1.61. The molecule has 1 saturated heterocycles. The summed E-state index contributed by atoms with van der Waals surface area (Å²) in [5, 5.41) is 0.730. The summed E-state index contributed by atoms with van der Waals surface area (Å²) in [6, 6.07) is 13.7. The van der Waals surface area contributed by atoms with E-state index in [2.05, 4.69) is 15.9 Å². The van der Waals surface area contributed by atoms with Crippen molar-refractivity contribution in [2.24, 2.45) is 0 Å². The van der Waals surface area contributed by atoms with Crippen LogP contribution in [-0.4, -0.2) is 43.0 Å². The Balaban J connectivity index is 1.52. The van der Waals surface area contributed by atoms with Gasteiger partial charge in [-0.25, -0.2) is 4.98 Å². The third kappa shape index (κ3) is 5.12. The van der Waals surface area contributed by atoms with Crippen molar-refractivity contribution in [2.75, 3.05) is 30.9 Å². The zero-order valence-corrected chi connectivity index (χ0v) is 19.2. The van der Waals surface area contributed by atoms with Crippen LogP contribution >= 0.6 is 39.0 Å². The van der Waals surface area contributed by atoms with Crippen LogP contribution < -0.4 is 9.64 Å². The quantitative estimate of drug-likeness (QED) is 0.414. The zero-order valence-electron chi connectivity index (χ0n) is 16.0. The number of benzene rings is 2. The highest BCUT2D eigenvalue weighted by molar-refractivity contribution is 9.10. The van der Waals surface area contributed by atoms with Gasteiger partial charge in [0, 0.05) is 16.0 Å². The Morgan fingerprint density at radius 1 is 1.34 bits per heavy atom. The molecule has 152 valence electrons. The van der Waals surface area contributed by atoms with Crippen molar-refractivity contribution in [3.05, 3.63) is 46.9 Å². The number of anilines is 1. The van der Waals surface area contributed by atoms with Crippen molar-refractivity contribution in [2.45, 2.75) is 23.8 Å². The number of rotatable bonds is 7. The first-order chi connectivity index (χ1) is 14.1. The molecular weight excluding hydrogens is 472 g/mol. The lowest BCUT2D eigenvalue weighted by Gasteiger charge is -2.23. The van der Waals surface area contributed by atoms with Gasteiger partial charge in [0.1, 0.15) is 5.75 Å². The first-order valence-corrected chi connectivity index (χ1v) is 12.0. The number of fused-ring (bicyclic) bond motifs is 1. The van der Waals surface area contributed by atoms with Gasteiger partial charge in [-0.2, -0.15) is 0 Å². The zero-order chi connectivity index (χ0) is 20.2. The Bertz CT molecular complexity index is 987. The fourth-order valence-corrected chi connectivity index (χ4v) is 5.49. The summed E-state index contributed by atoms with van der Waals surface area (Å²) in [5.41, 5.74) is 0.904. The van der Waals surface area contributed by atoms with E-state index in [1.807, 2.05) is 42.5 Å². The summed E-state index contributed by atoms with van der Waals surface area (Å²) in [7, 11) is 1.64. The van der Waals surface area contributed by atoms with Gasteiger partial charge < -0.3 is 9.47 Å². The van der Waals surface area contributed by atoms with Crippen LogP contribution in [-0.2, 0) is 9.53 Å². The summed E-state index contributed by atoms with van der Waals surface area (Å²) in [4.78, 5) is 20.7. The molecule has 1 amide bonds. The first kappa shape index (κ1) is 20.7. The lowest BCUT2D eigenvalue weighted by atomic mass is 10.2. The van der Waals surface area contributed by atoms with E-state index in [1.165, 1.54) is 11.8 Å². The number of thioether (sulfide) groups is 1. The molecule has 8 heteroatoms. The van der Waals surface area contributed by atoms with Crippen LogP contribution in [0.2, 0.25) is 0 Å². The Labute approximate surface area is 186 Å². The normalized spacial score (nSPS) is 16.3. The number of methoxy groups -OCH3 is 1. The molecule has 1 aliphatic rings. The van der Waals surface area contributed by atoms with Crippen molar-refractivity contribution in [1.29, 1.82) is 0 Å². The fraction of sp³-hybridized carbons (Fsp3) is 0.333. The van der Waals surface area contributed by atoms with Crippen molar-refractivity contribution < 1.29 is 14.3 Å². The molecule has 2 heterocycles. The van der Waals surface area contributed by atoms with Crippen LogP contribution in [0.5, 0.6) is 5.75 Å². The second-order valence-corrected chi connectivity index (χ2v) is 9.69. The number of hydrogen-bond donors (Lipinski definition) is 0. The third-order valence-electron chi connectivity index (χ3n) is 4.70. The number of nitrogens with zero attached hydrogens (tertiary/aromatic N) is 2. The molecule has 4 rings (SSSR count). The van der Waals surface area contributed by atoms with E-state index in [4.69, 9.17) is 14.5 Å². The molecule has 0 bridgehead atoms.